The predicted octanol–water partition coefficient (Wildman–Crippen LogP) is 4.70. The van der Waals surface area contributed by atoms with Crippen LogP contribution in [0.1, 0.15) is 27.6 Å². The molecule has 0 bridgehead atoms. The molecule has 1 heterocycles. The van der Waals surface area contributed by atoms with Gasteiger partial charge in [0, 0.05) is 21.7 Å². The van der Waals surface area contributed by atoms with E-state index in [1.165, 1.54) is 13.3 Å². The van der Waals surface area contributed by atoms with E-state index in [0.717, 1.165) is 10.2 Å². The monoisotopic (exact) mass is 428 g/mol. The standard InChI is InChI=1S/C20H17BrN2O4/c1-3-27-20(25)16-11-22-17-9-4-12(19(24)26-2)10-15(17)18(16)23-14-7-5-13(21)6-8-14/h4-11H,3H2,1-2H3,(H,22,23). The van der Waals surface area contributed by atoms with Crippen molar-refractivity contribution < 1.29 is 19.1 Å². The molecule has 0 saturated carbocycles. The number of fused-ring (bicyclic) bond motifs is 1. The molecule has 27 heavy (non-hydrogen) atoms. The van der Waals surface area contributed by atoms with Crippen molar-refractivity contribution in [3.8, 4) is 0 Å². The molecule has 3 rings (SSSR count). The lowest BCUT2D eigenvalue weighted by molar-refractivity contribution is 0.0526. The number of hydrogen-bond acceptors (Lipinski definition) is 6. The number of halogens is 1. The van der Waals surface area contributed by atoms with Gasteiger partial charge >= 0.3 is 11.9 Å². The van der Waals surface area contributed by atoms with Crippen LogP contribution in [0.5, 0.6) is 0 Å². The van der Waals surface area contributed by atoms with E-state index in [1.807, 2.05) is 24.3 Å². The van der Waals surface area contributed by atoms with E-state index < -0.39 is 11.9 Å². The predicted molar refractivity (Wildman–Crippen MR) is 106 cm³/mol. The third-order valence-electron chi connectivity index (χ3n) is 3.90. The summed E-state index contributed by atoms with van der Waals surface area (Å²) in [5.74, 6) is -0.956. The van der Waals surface area contributed by atoms with Gasteiger partial charge in [-0.2, -0.15) is 0 Å². The van der Waals surface area contributed by atoms with Crippen LogP contribution in [0.25, 0.3) is 10.9 Å². The van der Waals surface area contributed by atoms with Crippen molar-refractivity contribution in [1.29, 1.82) is 0 Å². The average molecular weight is 429 g/mol. The molecule has 1 aromatic heterocycles. The first-order valence-electron chi connectivity index (χ1n) is 8.24. The molecule has 0 aliphatic rings. The highest BCUT2D eigenvalue weighted by molar-refractivity contribution is 9.10. The Hall–Kier alpha value is -2.93. The van der Waals surface area contributed by atoms with Crippen molar-refractivity contribution in [3.63, 3.8) is 0 Å². The minimum Gasteiger partial charge on any atom is -0.465 e. The molecule has 2 aromatic carbocycles. The molecule has 0 fully saturated rings. The fraction of sp³-hybridized carbons (Fsp3) is 0.150. The summed E-state index contributed by atoms with van der Waals surface area (Å²) < 4.78 is 10.9. The Morgan fingerprint density at radius 1 is 1.11 bits per heavy atom. The number of nitrogens with zero attached hydrogens (tertiary/aromatic N) is 1. The summed E-state index contributed by atoms with van der Waals surface area (Å²) in [5, 5.41) is 3.87. The maximum Gasteiger partial charge on any atom is 0.341 e. The largest absolute Gasteiger partial charge is 0.465 e. The quantitative estimate of drug-likeness (QED) is 0.593. The van der Waals surface area contributed by atoms with Crippen molar-refractivity contribution in [2.75, 3.05) is 19.0 Å². The topological polar surface area (TPSA) is 77.5 Å². The third kappa shape index (κ3) is 4.09. The molecule has 0 aliphatic carbocycles. The Balaban J connectivity index is 2.19. The van der Waals surface area contributed by atoms with Gasteiger partial charge in [-0.3, -0.25) is 4.98 Å². The highest BCUT2D eigenvalue weighted by Crippen LogP contribution is 2.31. The van der Waals surface area contributed by atoms with E-state index >= 15 is 0 Å². The zero-order chi connectivity index (χ0) is 19.4. The number of carbonyl (C=O) groups is 2. The molecule has 0 unspecified atom stereocenters. The van der Waals surface area contributed by atoms with Crippen LogP contribution in [0.4, 0.5) is 11.4 Å². The first-order chi connectivity index (χ1) is 13.0. The summed E-state index contributed by atoms with van der Waals surface area (Å²) in [6.07, 6.45) is 1.47. The molecular formula is C20H17BrN2O4. The summed E-state index contributed by atoms with van der Waals surface area (Å²) in [6, 6.07) is 12.5. The molecule has 0 aliphatic heterocycles. The molecule has 0 spiro atoms. The van der Waals surface area contributed by atoms with Crippen LogP contribution in [0.2, 0.25) is 0 Å². The number of carbonyl (C=O) groups excluding carboxylic acids is 2. The van der Waals surface area contributed by atoms with Crippen molar-refractivity contribution in [2.24, 2.45) is 0 Å². The zero-order valence-corrected chi connectivity index (χ0v) is 16.4. The molecule has 0 amide bonds. The second-order valence-corrected chi connectivity index (χ2v) is 6.54. The molecule has 3 aromatic rings. The summed E-state index contributed by atoms with van der Waals surface area (Å²) in [4.78, 5) is 28.7. The lowest BCUT2D eigenvalue weighted by atomic mass is 10.1. The number of nitrogens with one attached hydrogen (secondary N) is 1. The Morgan fingerprint density at radius 2 is 1.85 bits per heavy atom. The van der Waals surface area contributed by atoms with Gasteiger partial charge in [0.15, 0.2) is 0 Å². The van der Waals surface area contributed by atoms with Gasteiger partial charge in [-0.05, 0) is 49.4 Å². The number of aromatic nitrogens is 1. The first kappa shape index (κ1) is 18.8. The molecule has 6 nitrogen and oxygen atoms in total. The molecule has 1 N–H and O–H groups in total. The molecule has 0 radical (unpaired) electrons. The van der Waals surface area contributed by atoms with Crippen molar-refractivity contribution in [3.05, 3.63) is 64.3 Å². The van der Waals surface area contributed by atoms with Gasteiger partial charge in [-0.15, -0.1) is 0 Å². The normalized spacial score (nSPS) is 10.5. The highest BCUT2D eigenvalue weighted by atomic mass is 79.9. The Labute approximate surface area is 164 Å². The van der Waals surface area contributed by atoms with Crippen LogP contribution in [-0.2, 0) is 9.47 Å². The Morgan fingerprint density at radius 3 is 2.52 bits per heavy atom. The third-order valence-corrected chi connectivity index (χ3v) is 4.43. The second-order valence-electron chi connectivity index (χ2n) is 5.62. The van der Waals surface area contributed by atoms with Crippen molar-refractivity contribution in [2.45, 2.75) is 6.92 Å². The number of esters is 2. The van der Waals surface area contributed by atoms with Gasteiger partial charge in [0.1, 0.15) is 5.56 Å². The van der Waals surface area contributed by atoms with E-state index in [0.29, 0.717) is 22.2 Å². The van der Waals surface area contributed by atoms with Gasteiger partial charge in [0.25, 0.3) is 0 Å². The number of ether oxygens (including phenoxy) is 2. The van der Waals surface area contributed by atoms with Crippen LogP contribution in [0.15, 0.2) is 53.1 Å². The minimum atomic E-state index is -0.491. The number of pyridine rings is 1. The van der Waals surface area contributed by atoms with E-state index in [1.54, 1.807) is 25.1 Å². The summed E-state index contributed by atoms with van der Waals surface area (Å²) in [5.41, 5.74) is 2.59. The first-order valence-corrected chi connectivity index (χ1v) is 9.03. The smallest absolute Gasteiger partial charge is 0.341 e. The lowest BCUT2D eigenvalue weighted by Gasteiger charge is -2.15. The zero-order valence-electron chi connectivity index (χ0n) is 14.8. The average Bonchev–Trinajstić information content (AvgIpc) is 2.69. The Bertz CT molecular complexity index is 1000. The number of methoxy groups -OCH3 is 1. The van der Waals surface area contributed by atoms with Crippen molar-refractivity contribution in [1.82, 2.24) is 4.98 Å². The summed E-state index contributed by atoms with van der Waals surface area (Å²) in [6.45, 7) is 1.99. The molecule has 0 saturated heterocycles. The summed E-state index contributed by atoms with van der Waals surface area (Å²) in [7, 11) is 1.32. The Kier molecular flexibility index (Phi) is 5.71. The number of benzene rings is 2. The van der Waals surface area contributed by atoms with E-state index in [4.69, 9.17) is 9.47 Å². The number of hydrogen-bond donors (Lipinski definition) is 1. The van der Waals surface area contributed by atoms with Crippen LogP contribution in [-0.4, -0.2) is 30.6 Å². The van der Waals surface area contributed by atoms with Crippen molar-refractivity contribution >= 4 is 50.1 Å². The van der Waals surface area contributed by atoms with Gasteiger partial charge in [0.05, 0.1) is 30.5 Å². The van der Waals surface area contributed by atoms with E-state index in [2.05, 4.69) is 26.2 Å². The summed E-state index contributed by atoms with van der Waals surface area (Å²) >= 11 is 3.40. The minimum absolute atomic E-state index is 0.247. The lowest BCUT2D eigenvalue weighted by Crippen LogP contribution is -2.10. The van der Waals surface area contributed by atoms with Crippen LogP contribution < -0.4 is 5.32 Å². The van der Waals surface area contributed by atoms with Gasteiger partial charge in [0.2, 0.25) is 0 Å². The van der Waals surface area contributed by atoms with Crippen LogP contribution in [0.3, 0.4) is 0 Å². The van der Waals surface area contributed by atoms with Gasteiger partial charge in [-0.1, -0.05) is 15.9 Å². The van der Waals surface area contributed by atoms with Crippen LogP contribution in [0, 0.1) is 0 Å². The SMILES string of the molecule is CCOC(=O)c1cnc2ccc(C(=O)OC)cc2c1Nc1ccc(Br)cc1. The fourth-order valence-electron chi connectivity index (χ4n) is 2.61. The number of anilines is 2. The maximum absolute atomic E-state index is 12.4. The second kappa shape index (κ2) is 8.18. The highest BCUT2D eigenvalue weighted by Gasteiger charge is 2.18. The molecule has 7 heteroatoms. The molecular weight excluding hydrogens is 412 g/mol. The van der Waals surface area contributed by atoms with Gasteiger partial charge in [-0.25, -0.2) is 9.59 Å². The van der Waals surface area contributed by atoms with E-state index in [-0.39, 0.29) is 12.2 Å². The van der Waals surface area contributed by atoms with Gasteiger partial charge < -0.3 is 14.8 Å². The molecule has 138 valence electrons. The fourth-order valence-corrected chi connectivity index (χ4v) is 2.88. The van der Waals surface area contributed by atoms with Crippen LogP contribution >= 0.6 is 15.9 Å². The maximum atomic E-state index is 12.4. The van der Waals surface area contributed by atoms with E-state index in [9.17, 15) is 9.59 Å². The number of rotatable bonds is 5. The molecule has 0 atom stereocenters.